The van der Waals surface area contributed by atoms with E-state index in [1.807, 2.05) is 0 Å². The molecule has 0 saturated carbocycles. The van der Waals surface area contributed by atoms with Crippen LogP contribution in [0, 0.1) is 0 Å². The normalized spacial score (nSPS) is 12.8. The summed E-state index contributed by atoms with van der Waals surface area (Å²) >= 11 is 5.93. The van der Waals surface area contributed by atoms with E-state index in [4.69, 9.17) is 21.1 Å². The number of amides is 1. The number of ether oxygens (including phenoxy) is 2. The average Bonchev–Trinajstić information content (AvgIpc) is 2.45. The van der Waals surface area contributed by atoms with Crippen LogP contribution in [0.25, 0.3) is 6.08 Å². The summed E-state index contributed by atoms with van der Waals surface area (Å²) in [5.41, 5.74) is 1.22. The van der Waals surface area contributed by atoms with Crippen LogP contribution < -0.4 is 4.74 Å². The number of hydrogen-bond donors (Lipinski definition) is 0. The molecule has 0 aliphatic carbocycles. The Labute approximate surface area is 128 Å². The Kier molecular flexibility index (Phi) is 4.85. The lowest BCUT2D eigenvalue weighted by Gasteiger charge is -2.22. The summed E-state index contributed by atoms with van der Waals surface area (Å²) in [6.45, 7) is 2.09. The molecule has 1 aliphatic rings. The lowest BCUT2D eigenvalue weighted by atomic mass is 10.1. The fourth-order valence-corrected chi connectivity index (χ4v) is 2.17. The van der Waals surface area contributed by atoms with Crippen molar-refractivity contribution in [3.8, 4) is 5.75 Å². The van der Waals surface area contributed by atoms with Gasteiger partial charge in [-0.15, -0.1) is 0 Å². The quantitative estimate of drug-likeness (QED) is 0.800. The van der Waals surface area contributed by atoms with E-state index in [0.717, 1.165) is 5.56 Å². The Morgan fingerprint density at radius 2 is 2.19 bits per heavy atom. The number of likely N-dealkylation sites (N-methyl/N-ethyl adjacent to an activating group) is 1. The molecule has 2 rings (SSSR count). The number of rotatable bonds is 4. The molecule has 0 spiro atoms. The van der Waals surface area contributed by atoms with Gasteiger partial charge in [0.2, 0.25) is 0 Å². The second kappa shape index (κ2) is 6.63. The second-order valence-electron chi connectivity index (χ2n) is 4.61. The number of halogens is 1. The lowest BCUT2D eigenvalue weighted by Crippen LogP contribution is -2.35. The molecular weight excluding hydrogens is 294 g/mol. The van der Waals surface area contributed by atoms with Gasteiger partial charge in [-0.25, -0.2) is 0 Å². The average molecular weight is 310 g/mol. The third-order valence-corrected chi connectivity index (χ3v) is 3.21. The number of benzene rings is 1. The van der Waals surface area contributed by atoms with Gasteiger partial charge >= 0.3 is 5.97 Å². The highest BCUT2D eigenvalue weighted by atomic mass is 35.5. The third-order valence-electron chi connectivity index (χ3n) is 2.98. The van der Waals surface area contributed by atoms with E-state index >= 15 is 0 Å². The van der Waals surface area contributed by atoms with Crippen molar-refractivity contribution in [2.24, 2.45) is 0 Å². The summed E-state index contributed by atoms with van der Waals surface area (Å²) in [7, 11) is 1.55. The highest BCUT2D eigenvalue weighted by Crippen LogP contribution is 2.29. The molecule has 6 heteroatoms. The molecule has 1 aliphatic heterocycles. The summed E-state index contributed by atoms with van der Waals surface area (Å²) in [5, 5.41) is 0.571. The highest BCUT2D eigenvalue weighted by molar-refractivity contribution is 6.30. The van der Waals surface area contributed by atoms with Crippen LogP contribution in [0.2, 0.25) is 5.02 Å². The highest BCUT2D eigenvalue weighted by Gasteiger charge is 2.22. The van der Waals surface area contributed by atoms with Crippen LogP contribution in [-0.4, -0.2) is 43.6 Å². The molecule has 1 heterocycles. The maximum Gasteiger partial charge on any atom is 0.325 e. The molecule has 5 nitrogen and oxygen atoms in total. The van der Waals surface area contributed by atoms with Crippen molar-refractivity contribution in [3.05, 3.63) is 34.4 Å². The fourth-order valence-electron chi connectivity index (χ4n) is 1.99. The molecule has 0 unspecified atom stereocenters. The zero-order valence-corrected chi connectivity index (χ0v) is 12.6. The second-order valence-corrected chi connectivity index (χ2v) is 5.04. The number of carbonyl (C=O) groups excluding carboxylic acids is 2. The van der Waals surface area contributed by atoms with Gasteiger partial charge in [-0.3, -0.25) is 9.59 Å². The minimum atomic E-state index is -0.436. The molecule has 0 bridgehead atoms. The largest absolute Gasteiger partial charge is 0.488 e. The van der Waals surface area contributed by atoms with E-state index in [0.29, 0.717) is 23.0 Å². The summed E-state index contributed by atoms with van der Waals surface area (Å²) < 4.78 is 10.3. The molecule has 0 N–H and O–H groups in total. The molecule has 0 atom stereocenters. The molecule has 1 aromatic rings. The van der Waals surface area contributed by atoms with Gasteiger partial charge in [-0.05, 0) is 31.2 Å². The minimum absolute atomic E-state index is 0.0909. The van der Waals surface area contributed by atoms with Crippen molar-refractivity contribution in [1.29, 1.82) is 0 Å². The van der Waals surface area contributed by atoms with Gasteiger partial charge in [0.25, 0.3) is 5.91 Å². The number of fused-ring (bicyclic) bond motifs is 1. The van der Waals surface area contributed by atoms with Gasteiger partial charge in [0.15, 0.2) is 0 Å². The van der Waals surface area contributed by atoms with Crippen molar-refractivity contribution in [1.82, 2.24) is 4.90 Å². The Morgan fingerprint density at radius 3 is 2.90 bits per heavy atom. The first-order chi connectivity index (χ1) is 10.0. The maximum absolute atomic E-state index is 12.3. The first kappa shape index (κ1) is 15.4. The van der Waals surface area contributed by atoms with Crippen molar-refractivity contribution in [2.45, 2.75) is 6.92 Å². The van der Waals surface area contributed by atoms with Gasteiger partial charge < -0.3 is 14.4 Å². The monoisotopic (exact) mass is 309 g/mol. The van der Waals surface area contributed by atoms with Crippen LogP contribution in [0.4, 0.5) is 0 Å². The molecule has 0 radical (unpaired) electrons. The molecule has 21 heavy (non-hydrogen) atoms. The molecule has 0 fully saturated rings. The molecule has 112 valence electrons. The van der Waals surface area contributed by atoms with E-state index in [-0.39, 0.29) is 19.1 Å². The molecule has 1 aromatic carbocycles. The van der Waals surface area contributed by atoms with Gasteiger partial charge in [0.05, 0.1) is 12.2 Å². The van der Waals surface area contributed by atoms with E-state index < -0.39 is 5.97 Å². The van der Waals surface area contributed by atoms with Crippen molar-refractivity contribution in [3.63, 3.8) is 0 Å². The topological polar surface area (TPSA) is 55.8 Å². The first-order valence-corrected chi connectivity index (χ1v) is 6.93. The van der Waals surface area contributed by atoms with Crippen LogP contribution in [0.5, 0.6) is 5.75 Å². The Bertz CT molecular complexity index is 597. The van der Waals surface area contributed by atoms with Crippen molar-refractivity contribution in [2.75, 3.05) is 26.8 Å². The fraction of sp³-hybridized carbons (Fsp3) is 0.333. The number of nitrogens with zero attached hydrogens (tertiary/aromatic N) is 1. The summed E-state index contributed by atoms with van der Waals surface area (Å²) in [6.07, 6.45) is 1.73. The summed E-state index contributed by atoms with van der Waals surface area (Å²) in [5.74, 6) is -0.0215. The van der Waals surface area contributed by atoms with E-state index in [2.05, 4.69) is 0 Å². The van der Waals surface area contributed by atoms with Gasteiger partial charge in [-0.1, -0.05) is 11.6 Å². The van der Waals surface area contributed by atoms with Crippen LogP contribution in [0.15, 0.2) is 23.8 Å². The minimum Gasteiger partial charge on any atom is -0.488 e. The predicted octanol–water partition coefficient (Wildman–Crippen LogP) is 2.14. The van der Waals surface area contributed by atoms with Gasteiger partial charge in [-0.2, -0.15) is 0 Å². The molecule has 0 aromatic heterocycles. The SMILES string of the molecule is CCOC(=O)CN(C)C(=O)C1=Cc2cc(Cl)ccc2OC1. The van der Waals surface area contributed by atoms with E-state index in [9.17, 15) is 9.59 Å². The first-order valence-electron chi connectivity index (χ1n) is 6.55. The van der Waals surface area contributed by atoms with E-state index in [1.165, 1.54) is 4.90 Å². The maximum atomic E-state index is 12.3. The molecular formula is C15H16ClNO4. The smallest absolute Gasteiger partial charge is 0.325 e. The lowest BCUT2D eigenvalue weighted by molar-refractivity contribution is -0.147. The zero-order chi connectivity index (χ0) is 15.4. The van der Waals surface area contributed by atoms with Crippen molar-refractivity contribution >= 4 is 29.6 Å². The molecule has 1 amide bonds. The van der Waals surface area contributed by atoms with E-state index in [1.54, 1.807) is 38.2 Å². The summed E-state index contributed by atoms with van der Waals surface area (Å²) in [6, 6.07) is 5.22. The number of hydrogen-bond acceptors (Lipinski definition) is 4. The van der Waals surface area contributed by atoms with Gasteiger partial charge in [0, 0.05) is 17.6 Å². The zero-order valence-electron chi connectivity index (χ0n) is 11.9. The van der Waals surface area contributed by atoms with Crippen LogP contribution >= 0.6 is 11.6 Å². The third kappa shape index (κ3) is 3.76. The Morgan fingerprint density at radius 1 is 1.43 bits per heavy atom. The Balaban J connectivity index is 2.11. The van der Waals surface area contributed by atoms with Crippen LogP contribution in [-0.2, 0) is 14.3 Å². The number of esters is 1. The Hall–Kier alpha value is -2.01. The predicted molar refractivity (Wildman–Crippen MR) is 79.2 cm³/mol. The summed E-state index contributed by atoms with van der Waals surface area (Å²) in [4.78, 5) is 25.0. The number of carbonyl (C=O) groups is 2. The van der Waals surface area contributed by atoms with Crippen LogP contribution in [0.1, 0.15) is 12.5 Å². The standard InChI is InChI=1S/C15H16ClNO4/c1-3-20-14(18)8-17(2)15(19)11-6-10-7-12(16)4-5-13(10)21-9-11/h4-7H,3,8-9H2,1-2H3. The van der Waals surface area contributed by atoms with Crippen molar-refractivity contribution < 1.29 is 19.1 Å². The van der Waals surface area contributed by atoms with Gasteiger partial charge in [0.1, 0.15) is 18.9 Å². The molecule has 0 saturated heterocycles. The van der Waals surface area contributed by atoms with Crippen LogP contribution in [0.3, 0.4) is 0 Å².